The van der Waals surface area contributed by atoms with Crippen molar-refractivity contribution < 1.29 is 13.2 Å². The average Bonchev–Trinajstić information content (AvgIpc) is 2.54. The Kier molecular flexibility index (Phi) is 4.29. The summed E-state index contributed by atoms with van der Waals surface area (Å²) in [6.07, 6.45) is 1.17. The van der Waals surface area contributed by atoms with Crippen molar-refractivity contribution >= 4 is 43.9 Å². The summed E-state index contributed by atoms with van der Waals surface area (Å²) in [6, 6.07) is 8.71. The number of hydrogen-bond acceptors (Lipinski definition) is 4. The van der Waals surface area contributed by atoms with Crippen LogP contribution in [0, 0.1) is 0 Å². The van der Waals surface area contributed by atoms with Crippen LogP contribution < -0.4 is 10.2 Å². The van der Waals surface area contributed by atoms with E-state index in [0.717, 1.165) is 0 Å². The lowest BCUT2D eigenvalue weighted by molar-refractivity contribution is 0.415. The van der Waals surface area contributed by atoms with Crippen LogP contribution in [0.3, 0.4) is 0 Å². The zero-order valence-corrected chi connectivity index (χ0v) is 14.7. The Morgan fingerprint density at radius 3 is 2.33 bits per heavy atom. The van der Waals surface area contributed by atoms with Gasteiger partial charge in [-0.15, -0.1) is 0 Å². The molecule has 1 heterocycles. The number of pyridine rings is 1. The van der Waals surface area contributed by atoms with Crippen molar-refractivity contribution in [1.82, 2.24) is 4.98 Å². The minimum Gasteiger partial charge on any atom is -0.497 e. The van der Waals surface area contributed by atoms with E-state index in [9.17, 15) is 13.2 Å². The summed E-state index contributed by atoms with van der Waals surface area (Å²) in [5.74, 6) is 0.452. The molecule has 5 nitrogen and oxygen atoms in total. The van der Waals surface area contributed by atoms with Crippen molar-refractivity contribution in [3.05, 3.63) is 62.9 Å². The molecule has 0 spiro atoms. The summed E-state index contributed by atoms with van der Waals surface area (Å²) in [5, 5.41) is 0.545. The van der Waals surface area contributed by atoms with Gasteiger partial charge in [-0.2, -0.15) is 0 Å². The Morgan fingerprint density at radius 2 is 1.71 bits per heavy atom. The van der Waals surface area contributed by atoms with Gasteiger partial charge < -0.3 is 9.72 Å². The molecule has 24 heavy (non-hydrogen) atoms. The van der Waals surface area contributed by atoms with E-state index in [-0.39, 0.29) is 25.2 Å². The van der Waals surface area contributed by atoms with E-state index in [0.29, 0.717) is 11.3 Å². The van der Waals surface area contributed by atoms with Crippen LogP contribution in [0.5, 0.6) is 5.75 Å². The Hall–Kier alpha value is -2.02. The van der Waals surface area contributed by atoms with E-state index in [1.807, 2.05) is 0 Å². The molecular formula is C16H11Cl2NO4S. The zero-order chi connectivity index (χ0) is 17.5. The molecule has 3 rings (SSSR count). The highest BCUT2D eigenvalue weighted by molar-refractivity contribution is 7.91. The summed E-state index contributed by atoms with van der Waals surface area (Å²) < 4.78 is 30.7. The molecule has 0 aliphatic rings. The van der Waals surface area contributed by atoms with Gasteiger partial charge >= 0.3 is 0 Å². The quantitative estimate of drug-likeness (QED) is 0.748. The van der Waals surface area contributed by atoms with Crippen molar-refractivity contribution in [2.45, 2.75) is 9.79 Å². The molecule has 2 aromatic carbocycles. The molecule has 1 N–H and O–H groups in total. The fourth-order valence-corrected chi connectivity index (χ4v) is 4.36. The van der Waals surface area contributed by atoms with Gasteiger partial charge in [0.15, 0.2) is 0 Å². The molecule has 1 aromatic heterocycles. The predicted molar refractivity (Wildman–Crippen MR) is 93.0 cm³/mol. The fourth-order valence-electron chi connectivity index (χ4n) is 2.32. The Balaban J connectivity index is 2.28. The Bertz CT molecular complexity index is 1090. The van der Waals surface area contributed by atoms with Crippen molar-refractivity contribution in [1.29, 1.82) is 0 Å². The fraction of sp³-hybridized carbons (Fsp3) is 0.0625. The summed E-state index contributed by atoms with van der Waals surface area (Å²) in [5.41, 5.74) is -0.123. The molecule has 0 amide bonds. The normalized spacial score (nSPS) is 11.6. The summed E-state index contributed by atoms with van der Waals surface area (Å²) in [7, 11) is -2.62. The monoisotopic (exact) mass is 383 g/mol. The number of benzene rings is 2. The van der Waals surface area contributed by atoms with Gasteiger partial charge in [-0.05, 0) is 36.4 Å². The molecular weight excluding hydrogens is 373 g/mol. The number of sulfone groups is 1. The first-order valence-electron chi connectivity index (χ1n) is 6.73. The second-order valence-electron chi connectivity index (χ2n) is 5.00. The van der Waals surface area contributed by atoms with Crippen LogP contribution in [-0.4, -0.2) is 20.5 Å². The van der Waals surface area contributed by atoms with Crippen LogP contribution in [0.25, 0.3) is 10.9 Å². The van der Waals surface area contributed by atoms with Gasteiger partial charge in [0.25, 0.3) is 0 Å². The number of fused-ring (bicyclic) bond motifs is 1. The van der Waals surface area contributed by atoms with E-state index < -0.39 is 15.3 Å². The minimum absolute atomic E-state index is 0.146. The summed E-state index contributed by atoms with van der Waals surface area (Å²) in [6.45, 7) is 0. The van der Waals surface area contributed by atoms with Crippen molar-refractivity contribution in [3.63, 3.8) is 0 Å². The topological polar surface area (TPSA) is 76.2 Å². The molecule has 0 aliphatic carbocycles. The second kappa shape index (κ2) is 6.12. The van der Waals surface area contributed by atoms with E-state index in [1.54, 1.807) is 12.1 Å². The van der Waals surface area contributed by atoms with E-state index in [2.05, 4.69) is 4.98 Å². The number of rotatable bonds is 3. The lowest BCUT2D eigenvalue weighted by Crippen LogP contribution is -2.16. The molecule has 3 aromatic rings. The van der Waals surface area contributed by atoms with Crippen molar-refractivity contribution in [3.8, 4) is 5.75 Å². The maximum atomic E-state index is 12.8. The van der Waals surface area contributed by atoms with Gasteiger partial charge in [0, 0.05) is 21.8 Å². The molecule has 0 fully saturated rings. The van der Waals surface area contributed by atoms with Gasteiger partial charge in [0.05, 0.1) is 17.4 Å². The zero-order valence-electron chi connectivity index (χ0n) is 12.3. The maximum Gasteiger partial charge on any atom is 0.212 e. The van der Waals surface area contributed by atoms with Crippen molar-refractivity contribution in [2.24, 2.45) is 0 Å². The highest BCUT2D eigenvalue weighted by Crippen LogP contribution is 2.27. The van der Waals surface area contributed by atoms with Crippen LogP contribution in [0.4, 0.5) is 0 Å². The van der Waals surface area contributed by atoms with Gasteiger partial charge in [0.1, 0.15) is 10.6 Å². The molecule has 0 radical (unpaired) electrons. The molecule has 0 bridgehead atoms. The molecule has 0 saturated carbocycles. The third kappa shape index (κ3) is 2.88. The first-order valence-corrected chi connectivity index (χ1v) is 8.97. The minimum atomic E-state index is -4.08. The summed E-state index contributed by atoms with van der Waals surface area (Å²) in [4.78, 5) is 14.9. The molecule has 0 atom stereocenters. The SMILES string of the molecule is COc1ccc2[nH]cc(S(=O)(=O)c3cc(Cl)cc(Cl)c3)c(=O)c2c1. The lowest BCUT2D eigenvalue weighted by Gasteiger charge is -2.07. The lowest BCUT2D eigenvalue weighted by atomic mass is 10.2. The van der Waals surface area contributed by atoms with Crippen LogP contribution in [0.1, 0.15) is 0 Å². The second-order valence-corrected chi connectivity index (χ2v) is 7.79. The third-order valence-corrected chi connectivity index (χ3v) is 5.66. The van der Waals surface area contributed by atoms with Crippen LogP contribution in [-0.2, 0) is 9.84 Å². The van der Waals surface area contributed by atoms with Gasteiger partial charge in [-0.25, -0.2) is 8.42 Å². The number of methoxy groups -OCH3 is 1. The molecule has 0 unspecified atom stereocenters. The standard InChI is InChI=1S/C16H11Cl2NO4S/c1-23-11-2-3-14-13(7-11)16(20)15(8-19-14)24(21,22)12-5-9(17)4-10(18)6-12/h2-8H,1H3,(H,19,20). The van der Waals surface area contributed by atoms with E-state index in [4.69, 9.17) is 27.9 Å². The smallest absolute Gasteiger partial charge is 0.212 e. The number of hydrogen-bond donors (Lipinski definition) is 1. The highest BCUT2D eigenvalue weighted by Gasteiger charge is 2.23. The van der Waals surface area contributed by atoms with Gasteiger partial charge in [-0.1, -0.05) is 23.2 Å². The molecule has 124 valence electrons. The number of halogens is 2. The predicted octanol–water partition coefficient (Wildman–Crippen LogP) is 3.68. The van der Waals surface area contributed by atoms with Gasteiger partial charge in [-0.3, -0.25) is 4.79 Å². The van der Waals surface area contributed by atoms with Crippen LogP contribution in [0.15, 0.2) is 57.2 Å². The molecule has 0 aliphatic heterocycles. The average molecular weight is 384 g/mol. The molecule has 8 heteroatoms. The van der Waals surface area contributed by atoms with Gasteiger partial charge in [0.2, 0.25) is 15.3 Å². The molecule has 0 saturated heterocycles. The first-order chi connectivity index (χ1) is 11.3. The van der Waals surface area contributed by atoms with Crippen LogP contribution in [0.2, 0.25) is 10.0 Å². The summed E-state index contributed by atoms with van der Waals surface area (Å²) >= 11 is 11.7. The number of aromatic amines is 1. The van der Waals surface area contributed by atoms with Crippen molar-refractivity contribution in [2.75, 3.05) is 7.11 Å². The number of ether oxygens (including phenoxy) is 1. The first kappa shape index (κ1) is 16.8. The van der Waals surface area contributed by atoms with E-state index >= 15 is 0 Å². The third-order valence-electron chi connectivity index (χ3n) is 3.49. The Morgan fingerprint density at radius 1 is 1.04 bits per heavy atom. The number of H-pyrrole nitrogens is 1. The van der Waals surface area contributed by atoms with E-state index in [1.165, 1.54) is 37.6 Å². The largest absolute Gasteiger partial charge is 0.497 e. The maximum absolute atomic E-state index is 12.8. The van der Waals surface area contributed by atoms with Crippen LogP contribution >= 0.6 is 23.2 Å². The number of nitrogens with one attached hydrogen (secondary N) is 1. The number of aromatic nitrogens is 1. The highest BCUT2D eigenvalue weighted by atomic mass is 35.5. The Labute approximate surface area is 147 Å².